The standard InChI is InChI=1S/C40H38F3N3O6S2/c41-40(42,43)32-23-21-31(22-24-32)38(47)46-36(28-29-12-3-1-4-13-29)39(48)45-33(25-27-53(49,50)34-17-5-2-6-18-34)16-9-10-26-44-54(51,52)37-20-11-15-30-14-7-8-19-35(30)37/h1-8,11-15,17-25,27,33,36,44H,9-10,16,26,28H2,(H,45,48)(H,46,47)/b27-25+/t33-,36-/m0/s1. The van der Waals surface area contributed by atoms with Crippen molar-refractivity contribution >= 4 is 42.4 Å². The molecule has 5 rings (SSSR count). The summed E-state index contributed by atoms with van der Waals surface area (Å²) in [7, 11) is -7.77. The zero-order chi connectivity index (χ0) is 38.8. The van der Waals surface area contributed by atoms with Crippen molar-refractivity contribution in [3.63, 3.8) is 0 Å². The Labute approximate surface area is 312 Å². The van der Waals surface area contributed by atoms with Gasteiger partial charge in [-0.05, 0) is 72.7 Å². The van der Waals surface area contributed by atoms with E-state index in [1.165, 1.54) is 24.3 Å². The number of unbranched alkanes of at least 4 members (excludes halogenated alkanes) is 1. The number of nitrogens with one attached hydrogen (secondary N) is 3. The topological polar surface area (TPSA) is 139 Å². The number of sulfone groups is 1. The van der Waals surface area contributed by atoms with Crippen LogP contribution < -0.4 is 15.4 Å². The molecule has 0 aliphatic carbocycles. The van der Waals surface area contributed by atoms with Crippen LogP contribution in [0.4, 0.5) is 13.2 Å². The molecule has 2 amide bonds. The molecule has 282 valence electrons. The van der Waals surface area contributed by atoms with E-state index in [2.05, 4.69) is 15.4 Å². The van der Waals surface area contributed by atoms with Gasteiger partial charge in [0.1, 0.15) is 6.04 Å². The second-order valence-electron chi connectivity index (χ2n) is 12.5. The lowest BCUT2D eigenvalue weighted by molar-refractivity contribution is -0.137. The minimum atomic E-state index is -4.59. The molecule has 3 N–H and O–H groups in total. The van der Waals surface area contributed by atoms with Gasteiger partial charge in [0.15, 0.2) is 9.84 Å². The second-order valence-corrected chi connectivity index (χ2v) is 16.0. The van der Waals surface area contributed by atoms with Crippen LogP contribution in [-0.4, -0.2) is 47.3 Å². The number of rotatable bonds is 16. The molecule has 0 unspecified atom stereocenters. The van der Waals surface area contributed by atoms with Crippen molar-refractivity contribution in [2.24, 2.45) is 0 Å². The summed E-state index contributed by atoms with van der Waals surface area (Å²) in [6, 6.07) is 30.1. The first kappa shape index (κ1) is 39.9. The minimum Gasteiger partial charge on any atom is -0.348 e. The van der Waals surface area contributed by atoms with Crippen LogP contribution in [0.5, 0.6) is 0 Å². The summed E-state index contributed by atoms with van der Waals surface area (Å²) in [5.41, 5.74) is -0.341. The smallest absolute Gasteiger partial charge is 0.348 e. The van der Waals surface area contributed by atoms with Gasteiger partial charge in [-0.15, -0.1) is 0 Å². The largest absolute Gasteiger partial charge is 0.416 e. The quantitative estimate of drug-likeness (QED) is 0.0941. The molecule has 0 spiro atoms. The van der Waals surface area contributed by atoms with Crippen LogP contribution in [0.15, 0.2) is 149 Å². The van der Waals surface area contributed by atoms with Crippen molar-refractivity contribution < 1.29 is 39.6 Å². The maximum absolute atomic E-state index is 13.8. The number of amides is 2. The zero-order valence-corrected chi connectivity index (χ0v) is 30.5. The van der Waals surface area contributed by atoms with Crippen LogP contribution in [-0.2, 0) is 37.3 Å². The Morgan fingerprint density at radius 1 is 0.704 bits per heavy atom. The van der Waals surface area contributed by atoms with E-state index >= 15 is 0 Å². The van der Waals surface area contributed by atoms with Gasteiger partial charge in [-0.3, -0.25) is 9.59 Å². The third-order valence-electron chi connectivity index (χ3n) is 8.54. The second kappa shape index (κ2) is 17.7. The average molecular weight is 778 g/mol. The summed E-state index contributed by atoms with van der Waals surface area (Å²) in [6.45, 7) is 0.0675. The highest BCUT2D eigenvalue weighted by molar-refractivity contribution is 7.94. The molecule has 0 bridgehead atoms. The van der Waals surface area contributed by atoms with Gasteiger partial charge >= 0.3 is 6.18 Å². The SMILES string of the molecule is O=C(N[C@@H](Cc1ccccc1)C(=O)N[C@H](/C=C/S(=O)(=O)c1ccccc1)CCCCNS(=O)(=O)c1cccc2ccccc12)c1ccc(C(F)(F)F)cc1. The zero-order valence-electron chi connectivity index (χ0n) is 28.9. The Morgan fingerprint density at radius 3 is 2.02 bits per heavy atom. The molecule has 0 radical (unpaired) electrons. The number of hydrogen-bond acceptors (Lipinski definition) is 6. The molecule has 0 aliphatic heterocycles. The van der Waals surface area contributed by atoms with Gasteiger partial charge < -0.3 is 10.6 Å². The molecule has 5 aromatic carbocycles. The summed E-state index contributed by atoms with van der Waals surface area (Å²) < 4.78 is 94.5. The van der Waals surface area contributed by atoms with Gasteiger partial charge in [0.2, 0.25) is 15.9 Å². The molecule has 14 heteroatoms. The van der Waals surface area contributed by atoms with Gasteiger partial charge in [-0.2, -0.15) is 13.2 Å². The number of benzene rings is 5. The van der Waals surface area contributed by atoms with E-state index in [1.807, 2.05) is 18.2 Å². The van der Waals surface area contributed by atoms with E-state index < -0.39 is 55.5 Å². The molecule has 2 atom stereocenters. The summed E-state index contributed by atoms with van der Waals surface area (Å²) in [5.74, 6) is -1.44. The third-order valence-corrected chi connectivity index (χ3v) is 11.5. The molecule has 5 aromatic rings. The number of alkyl halides is 3. The van der Waals surface area contributed by atoms with Crippen molar-refractivity contribution in [3.8, 4) is 0 Å². The number of fused-ring (bicyclic) bond motifs is 1. The van der Waals surface area contributed by atoms with E-state index in [0.29, 0.717) is 23.8 Å². The fourth-order valence-corrected chi connectivity index (χ4v) is 8.09. The van der Waals surface area contributed by atoms with Gasteiger partial charge in [0, 0.05) is 35.4 Å². The van der Waals surface area contributed by atoms with Crippen LogP contribution in [0.1, 0.15) is 40.7 Å². The number of sulfonamides is 1. The first-order chi connectivity index (χ1) is 25.7. The highest BCUT2D eigenvalue weighted by atomic mass is 32.2. The Bertz CT molecular complexity index is 2300. The molecule has 54 heavy (non-hydrogen) atoms. The Kier molecular flexibility index (Phi) is 13.1. The minimum absolute atomic E-state index is 0.0216. The maximum atomic E-state index is 13.8. The maximum Gasteiger partial charge on any atom is 0.416 e. The Hall–Kier alpha value is -5.31. The molecule has 0 aliphatic rings. The predicted octanol–water partition coefficient (Wildman–Crippen LogP) is 6.82. The molecule has 0 heterocycles. The first-order valence-electron chi connectivity index (χ1n) is 17.0. The van der Waals surface area contributed by atoms with E-state index in [9.17, 15) is 39.6 Å². The summed E-state index contributed by atoms with van der Waals surface area (Å²) >= 11 is 0. The van der Waals surface area contributed by atoms with E-state index in [0.717, 1.165) is 35.1 Å². The molecule has 0 saturated heterocycles. The number of hydrogen-bond donors (Lipinski definition) is 3. The Morgan fingerprint density at radius 2 is 1.33 bits per heavy atom. The highest BCUT2D eigenvalue weighted by Crippen LogP contribution is 2.29. The van der Waals surface area contributed by atoms with Crippen molar-refractivity contribution in [2.75, 3.05) is 6.54 Å². The van der Waals surface area contributed by atoms with E-state index in [1.54, 1.807) is 66.7 Å². The van der Waals surface area contributed by atoms with Crippen LogP contribution in [0.3, 0.4) is 0 Å². The predicted molar refractivity (Wildman–Crippen MR) is 201 cm³/mol. The van der Waals surface area contributed by atoms with Crippen molar-refractivity contribution in [2.45, 2.75) is 53.7 Å². The van der Waals surface area contributed by atoms with E-state index in [4.69, 9.17) is 0 Å². The van der Waals surface area contributed by atoms with Crippen molar-refractivity contribution in [3.05, 3.63) is 156 Å². The summed E-state index contributed by atoms with van der Waals surface area (Å²) in [5, 5.41) is 7.77. The third kappa shape index (κ3) is 10.9. The highest BCUT2D eigenvalue weighted by Gasteiger charge is 2.31. The fourth-order valence-electron chi connectivity index (χ4n) is 5.70. The molecular weight excluding hydrogens is 740 g/mol. The lowest BCUT2D eigenvalue weighted by atomic mass is 10.0. The monoisotopic (exact) mass is 777 g/mol. The van der Waals surface area contributed by atoms with Crippen molar-refractivity contribution in [1.29, 1.82) is 0 Å². The van der Waals surface area contributed by atoms with Crippen LogP contribution in [0.25, 0.3) is 10.8 Å². The van der Waals surface area contributed by atoms with E-state index in [-0.39, 0.29) is 34.7 Å². The normalized spacial score (nSPS) is 13.4. The lowest BCUT2D eigenvalue weighted by Gasteiger charge is -2.22. The molecule has 0 fully saturated rings. The Balaban J connectivity index is 1.31. The number of carbonyl (C=O) groups is 2. The van der Waals surface area contributed by atoms with Gasteiger partial charge in [-0.1, -0.05) is 91.0 Å². The lowest BCUT2D eigenvalue weighted by Crippen LogP contribution is -2.50. The number of halogens is 3. The van der Waals surface area contributed by atoms with Crippen LogP contribution >= 0.6 is 0 Å². The van der Waals surface area contributed by atoms with Crippen LogP contribution in [0.2, 0.25) is 0 Å². The first-order valence-corrected chi connectivity index (χ1v) is 20.0. The van der Waals surface area contributed by atoms with Gasteiger partial charge in [-0.25, -0.2) is 21.6 Å². The summed E-state index contributed by atoms with van der Waals surface area (Å²) in [6.07, 6.45) is -2.34. The van der Waals surface area contributed by atoms with Crippen molar-refractivity contribution in [1.82, 2.24) is 15.4 Å². The molecule has 9 nitrogen and oxygen atoms in total. The fraction of sp³-hybridized carbons (Fsp3) is 0.200. The number of carbonyl (C=O) groups excluding carboxylic acids is 2. The average Bonchev–Trinajstić information content (AvgIpc) is 3.16. The van der Waals surface area contributed by atoms with Crippen LogP contribution in [0, 0.1) is 0 Å². The van der Waals surface area contributed by atoms with Gasteiger partial charge in [0.05, 0.1) is 15.4 Å². The summed E-state index contributed by atoms with van der Waals surface area (Å²) in [4.78, 5) is 27.2. The molecule has 0 saturated carbocycles. The molecular formula is C40H38F3N3O6S2. The molecule has 0 aromatic heterocycles. The van der Waals surface area contributed by atoms with Gasteiger partial charge in [0.25, 0.3) is 5.91 Å².